The van der Waals surface area contributed by atoms with Crippen LogP contribution in [0.1, 0.15) is 24.2 Å². The van der Waals surface area contributed by atoms with Gasteiger partial charge in [-0.1, -0.05) is 6.07 Å². The summed E-state index contributed by atoms with van der Waals surface area (Å²) < 4.78 is 4.78. The lowest BCUT2D eigenvalue weighted by molar-refractivity contribution is -0.124. The Kier molecular flexibility index (Phi) is 4.51. The molecule has 92 valence electrons. The number of hydrogen-bond donors (Lipinski definition) is 2. The van der Waals surface area contributed by atoms with Crippen LogP contribution in [0.3, 0.4) is 0 Å². The molecule has 0 saturated heterocycles. The maximum Gasteiger partial charge on any atom is 0.338 e. The molecule has 0 spiro atoms. The first-order valence-electron chi connectivity index (χ1n) is 5.24. The van der Waals surface area contributed by atoms with Crippen molar-refractivity contribution in [2.45, 2.75) is 19.9 Å². The van der Waals surface area contributed by atoms with Crippen molar-refractivity contribution in [1.82, 2.24) is 5.32 Å². The average molecular weight is 237 g/mol. The molecule has 0 aliphatic carbocycles. The lowest BCUT2D eigenvalue weighted by Gasteiger charge is -2.08. The monoisotopic (exact) mass is 237 g/mol. The molecule has 2 N–H and O–H groups in total. The number of phenols is 1. The molecule has 0 heterocycles. The Balaban J connectivity index is 2.48. The summed E-state index contributed by atoms with van der Waals surface area (Å²) in [6.07, 6.45) is 0. The number of amides is 1. The van der Waals surface area contributed by atoms with Gasteiger partial charge in [0.25, 0.3) is 5.91 Å². The number of carbonyl (C=O) groups excluding carboxylic acids is 2. The predicted octanol–water partition coefficient (Wildman–Crippen LogP) is 1.07. The molecule has 0 aliphatic heterocycles. The molecule has 1 rings (SSSR count). The summed E-state index contributed by atoms with van der Waals surface area (Å²) >= 11 is 0. The summed E-state index contributed by atoms with van der Waals surface area (Å²) in [6.45, 7) is 3.30. The third-order valence-corrected chi connectivity index (χ3v) is 1.87. The van der Waals surface area contributed by atoms with Gasteiger partial charge in [-0.05, 0) is 32.0 Å². The highest BCUT2D eigenvalue weighted by Crippen LogP contribution is 2.11. The Labute approximate surface area is 99.4 Å². The van der Waals surface area contributed by atoms with E-state index >= 15 is 0 Å². The van der Waals surface area contributed by atoms with E-state index in [-0.39, 0.29) is 29.9 Å². The van der Waals surface area contributed by atoms with Crippen molar-refractivity contribution in [2.75, 3.05) is 6.61 Å². The summed E-state index contributed by atoms with van der Waals surface area (Å²) in [5.41, 5.74) is 0.211. The van der Waals surface area contributed by atoms with Crippen molar-refractivity contribution in [1.29, 1.82) is 0 Å². The van der Waals surface area contributed by atoms with E-state index in [1.165, 1.54) is 24.3 Å². The number of carbonyl (C=O) groups is 2. The Morgan fingerprint density at radius 2 is 2.12 bits per heavy atom. The second-order valence-electron chi connectivity index (χ2n) is 3.85. The van der Waals surface area contributed by atoms with Gasteiger partial charge in [0.15, 0.2) is 6.61 Å². The van der Waals surface area contributed by atoms with Gasteiger partial charge >= 0.3 is 5.97 Å². The molecule has 0 aromatic heterocycles. The third kappa shape index (κ3) is 4.55. The van der Waals surface area contributed by atoms with Crippen LogP contribution in [-0.2, 0) is 9.53 Å². The number of phenolic OH excluding ortho intramolecular Hbond substituents is 1. The van der Waals surface area contributed by atoms with Crippen LogP contribution in [0.5, 0.6) is 5.75 Å². The number of ether oxygens (including phenoxy) is 1. The molecule has 0 aliphatic rings. The lowest BCUT2D eigenvalue weighted by Crippen LogP contribution is -2.33. The Bertz CT molecular complexity index is 415. The first kappa shape index (κ1) is 13.0. The normalized spacial score (nSPS) is 10.1. The number of esters is 1. The van der Waals surface area contributed by atoms with Crippen LogP contribution in [0, 0.1) is 0 Å². The minimum atomic E-state index is -0.639. The van der Waals surface area contributed by atoms with Crippen molar-refractivity contribution in [3.63, 3.8) is 0 Å². The van der Waals surface area contributed by atoms with Gasteiger partial charge in [0.2, 0.25) is 0 Å². The van der Waals surface area contributed by atoms with Crippen LogP contribution < -0.4 is 5.32 Å². The third-order valence-electron chi connectivity index (χ3n) is 1.87. The van der Waals surface area contributed by atoms with Crippen LogP contribution in [0.25, 0.3) is 0 Å². The molecule has 0 bridgehead atoms. The molecule has 0 saturated carbocycles. The van der Waals surface area contributed by atoms with Gasteiger partial charge in [-0.2, -0.15) is 0 Å². The number of nitrogens with one attached hydrogen (secondary N) is 1. The second-order valence-corrected chi connectivity index (χ2v) is 3.85. The molecule has 1 aromatic rings. The Hall–Kier alpha value is -2.04. The van der Waals surface area contributed by atoms with E-state index < -0.39 is 5.97 Å². The topological polar surface area (TPSA) is 75.6 Å². The molecule has 1 amide bonds. The summed E-state index contributed by atoms with van der Waals surface area (Å²) in [6, 6.07) is 5.76. The number of hydrogen-bond acceptors (Lipinski definition) is 4. The van der Waals surface area contributed by atoms with Crippen molar-refractivity contribution in [3.05, 3.63) is 29.8 Å². The fraction of sp³-hybridized carbons (Fsp3) is 0.333. The van der Waals surface area contributed by atoms with E-state index in [0.29, 0.717) is 0 Å². The van der Waals surface area contributed by atoms with Crippen LogP contribution in [0.15, 0.2) is 24.3 Å². The highest BCUT2D eigenvalue weighted by atomic mass is 16.5. The van der Waals surface area contributed by atoms with E-state index in [1.807, 2.05) is 13.8 Å². The minimum absolute atomic E-state index is 0.00183. The van der Waals surface area contributed by atoms with Crippen molar-refractivity contribution in [3.8, 4) is 5.75 Å². The largest absolute Gasteiger partial charge is 0.508 e. The number of benzene rings is 1. The second kappa shape index (κ2) is 5.89. The first-order valence-corrected chi connectivity index (χ1v) is 5.24. The zero-order valence-corrected chi connectivity index (χ0v) is 9.77. The highest BCUT2D eigenvalue weighted by molar-refractivity contribution is 5.91. The van der Waals surface area contributed by atoms with Crippen LogP contribution in [0.2, 0.25) is 0 Å². The van der Waals surface area contributed by atoms with Crippen LogP contribution in [-0.4, -0.2) is 29.6 Å². The van der Waals surface area contributed by atoms with E-state index in [1.54, 1.807) is 0 Å². The molecular formula is C12H15NO4. The average Bonchev–Trinajstić information content (AvgIpc) is 2.25. The zero-order valence-electron chi connectivity index (χ0n) is 9.77. The molecule has 17 heavy (non-hydrogen) atoms. The van der Waals surface area contributed by atoms with Crippen LogP contribution >= 0.6 is 0 Å². The van der Waals surface area contributed by atoms with Crippen LogP contribution in [0.4, 0.5) is 0 Å². The number of rotatable bonds is 4. The van der Waals surface area contributed by atoms with E-state index in [4.69, 9.17) is 4.74 Å². The summed E-state index contributed by atoms with van der Waals surface area (Å²) in [5, 5.41) is 11.8. The van der Waals surface area contributed by atoms with Gasteiger partial charge in [-0.25, -0.2) is 4.79 Å². The smallest absolute Gasteiger partial charge is 0.338 e. The first-order chi connectivity index (χ1) is 7.99. The molecule has 1 aromatic carbocycles. The van der Waals surface area contributed by atoms with Gasteiger partial charge in [0, 0.05) is 6.04 Å². The highest BCUT2D eigenvalue weighted by Gasteiger charge is 2.10. The van der Waals surface area contributed by atoms with Crippen molar-refractivity contribution < 1.29 is 19.4 Å². The molecule has 5 heteroatoms. The Morgan fingerprint density at radius 3 is 2.71 bits per heavy atom. The maximum absolute atomic E-state index is 11.5. The fourth-order valence-corrected chi connectivity index (χ4v) is 1.21. The molecular weight excluding hydrogens is 222 g/mol. The quantitative estimate of drug-likeness (QED) is 0.768. The fourth-order valence-electron chi connectivity index (χ4n) is 1.21. The van der Waals surface area contributed by atoms with E-state index in [2.05, 4.69) is 5.32 Å². The summed E-state index contributed by atoms with van der Waals surface area (Å²) in [7, 11) is 0. The summed E-state index contributed by atoms with van der Waals surface area (Å²) in [4.78, 5) is 22.7. The van der Waals surface area contributed by atoms with Gasteiger partial charge < -0.3 is 15.2 Å². The summed E-state index contributed by atoms with van der Waals surface area (Å²) in [5.74, 6) is -1.01. The van der Waals surface area contributed by atoms with Crippen molar-refractivity contribution >= 4 is 11.9 Å². The van der Waals surface area contributed by atoms with E-state index in [9.17, 15) is 14.7 Å². The molecule has 0 atom stereocenters. The van der Waals surface area contributed by atoms with Gasteiger partial charge in [-0.15, -0.1) is 0 Å². The molecule has 0 radical (unpaired) electrons. The van der Waals surface area contributed by atoms with Gasteiger partial charge in [-0.3, -0.25) is 4.79 Å². The van der Waals surface area contributed by atoms with Gasteiger partial charge in [0.05, 0.1) is 5.56 Å². The molecule has 0 fully saturated rings. The molecule has 5 nitrogen and oxygen atoms in total. The number of aromatic hydroxyl groups is 1. The van der Waals surface area contributed by atoms with Crippen molar-refractivity contribution in [2.24, 2.45) is 0 Å². The van der Waals surface area contributed by atoms with Gasteiger partial charge in [0.1, 0.15) is 5.75 Å². The van der Waals surface area contributed by atoms with E-state index in [0.717, 1.165) is 0 Å². The lowest BCUT2D eigenvalue weighted by atomic mass is 10.2. The Morgan fingerprint density at radius 1 is 1.41 bits per heavy atom. The zero-order chi connectivity index (χ0) is 12.8. The predicted molar refractivity (Wildman–Crippen MR) is 61.7 cm³/mol. The minimum Gasteiger partial charge on any atom is -0.508 e. The SMILES string of the molecule is CC(C)NC(=O)COC(=O)c1cccc(O)c1. The maximum atomic E-state index is 11.5. The molecule has 0 unspecified atom stereocenters. The standard InChI is InChI=1S/C12H15NO4/c1-8(2)13-11(15)7-17-12(16)9-4-3-5-10(14)6-9/h3-6,8,14H,7H2,1-2H3,(H,13,15).